The van der Waals surface area contributed by atoms with Crippen molar-refractivity contribution in [1.29, 1.82) is 0 Å². The zero-order chi connectivity index (χ0) is 19.4. The molecule has 0 aliphatic rings. The summed E-state index contributed by atoms with van der Waals surface area (Å²) in [5.41, 5.74) is 2.82. The summed E-state index contributed by atoms with van der Waals surface area (Å²) in [5.74, 6) is 0.383. The fourth-order valence-electron chi connectivity index (χ4n) is 2.63. The standard InChI is InChI=1S/C21H21N3O3/c1-14-7-9-17(10-8-14)22-21(26)15(2)24-20(25)12-11-19(23-24)16-5-4-6-18(13-16)27-3/h4-13,15H,1-3H3,(H,22,26). The second-order valence-electron chi connectivity index (χ2n) is 6.26. The van der Waals surface area contributed by atoms with E-state index in [1.165, 1.54) is 10.7 Å². The van der Waals surface area contributed by atoms with Gasteiger partial charge >= 0.3 is 0 Å². The highest BCUT2D eigenvalue weighted by molar-refractivity contribution is 5.93. The minimum absolute atomic E-state index is 0.309. The number of benzene rings is 2. The van der Waals surface area contributed by atoms with Crippen LogP contribution in [0.2, 0.25) is 0 Å². The first-order valence-electron chi connectivity index (χ1n) is 8.60. The van der Waals surface area contributed by atoms with Gasteiger partial charge in [0.15, 0.2) is 0 Å². The number of ether oxygens (including phenoxy) is 1. The highest BCUT2D eigenvalue weighted by atomic mass is 16.5. The summed E-state index contributed by atoms with van der Waals surface area (Å²) >= 11 is 0. The smallest absolute Gasteiger partial charge is 0.267 e. The monoisotopic (exact) mass is 363 g/mol. The van der Waals surface area contributed by atoms with Crippen molar-refractivity contribution < 1.29 is 9.53 Å². The molecule has 0 spiro atoms. The first-order chi connectivity index (χ1) is 13.0. The molecule has 1 N–H and O–H groups in total. The van der Waals surface area contributed by atoms with Crippen LogP contribution in [-0.2, 0) is 4.79 Å². The zero-order valence-corrected chi connectivity index (χ0v) is 15.5. The topological polar surface area (TPSA) is 73.2 Å². The molecule has 1 amide bonds. The van der Waals surface area contributed by atoms with Gasteiger partial charge in [-0.1, -0.05) is 29.8 Å². The van der Waals surface area contributed by atoms with Crippen LogP contribution in [0.1, 0.15) is 18.5 Å². The Morgan fingerprint density at radius 1 is 1.11 bits per heavy atom. The Kier molecular flexibility index (Phi) is 5.35. The number of nitrogens with zero attached hydrogens (tertiary/aromatic N) is 2. The number of carbonyl (C=O) groups excluding carboxylic acids is 1. The first kappa shape index (κ1) is 18.4. The van der Waals surface area contributed by atoms with Crippen LogP contribution in [-0.4, -0.2) is 22.8 Å². The van der Waals surface area contributed by atoms with Crippen molar-refractivity contribution in [1.82, 2.24) is 9.78 Å². The van der Waals surface area contributed by atoms with Gasteiger partial charge in [-0.2, -0.15) is 5.10 Å². The summed E-state index contributed by atoms with van der Waals surface area (Å²) < 4.78 is 6.42. The van der Waals surface area contributed by atoms with Crippen molar-refractivity contribution >= 4 is 11.6 Å². The van der Waals surface area contributed by atoms with Crippen molar-refractivity contribution in [2.24, 2.45) is 0 Å². The molecule has 0 saturated heterocycles. The number of amides is 1. The quantitative estimate of drug-likeness (QED) is 0.754. The van der Waals surface area contributed by atoms with Crippen LogP contribution >= 0.6 is 0 Å². The largest absolute Gasteiger partial charge is 0.497 e. The van der Waals surface area contributed by atoms with E-state index in [1.807, 2.05) is 55.5 Å². The van der Waals surface area contributed by atoms with Crippen molar-refractivity contribution in [2.45, 2.75) is 19.9 Å². The summed E-state index contributed by atoms with van der Waals surface area (Å²) in [6, 6.07) is 17.1. The lowest BCUT2D eigenvalue weighted by molar-refractivity contribution is -0.119. The maximum Gasteiger partial charge on any atom is 0.267 e. The molecule has 0 aliphatic heterocycles. The normalized spacial score (nSPS) is 11.7. The molecule has 6 heteroatoms. The Hall–Kier alpha value is -3.41. The number of nitrogens with one attached hydrogen (secondary N) is 1. The average molecular weight is 363 g/mol. The molecule has 0 radical (unpaired) electrons. The third kappa shape index (κ3) is 4.23. The van der Waals surface area contributed by atoms with E-state index in [0.29, 0.717) is 17.1 Å². The number of aryl methyl sites for hydroxylation is 1. The van der Waals surface area contributed by atoms with Gasteiger partial charge in [-0.25, -0.2) is 4.68 Å². The van der Waals surface area contributed by atoms with Crippen molar-refractivity contribution in [2.75, 3.05) is 12.4 Å². The molecule has 0 aliphatic carbocycles. The summed E-state index contributed by atoms with van der Waals surface area (Å²) in [7, 11) is 1.59. The highest BCUT2D eigenvalue weighted by Gasteiger charge is 2.18. The molecule has 1 atom stereocenters. The molecule has 2 aromatic carbocycles. The van der Waals surface area contributed by atoms with Crippen LogP contribution in [0.5, 0.6) is 5.75 Å². The van der Waals surface area contributed by atoms with Gasteiger partial charge in [-0.3, -0.25) is 9.59 Å². The van der Waals surface area contributed by atoms with Gasteiger partial charge in [0.2, 0.25) is 5.91 Å². The lowest BCUT2D eigenvalue weighted by Gasteiger charge is -2.15. The number of carbonyl (C=O) groups is 1. The van der Waals surface area contributed by atoms with E-state index in [4.69, 9.17) is 4.74 Å². The number of hydrogen-bond donors (Lipinski definition) is 1. The van der Waals surface area contributed by atoms with Crippen molar-refractivity contribution in [3.05, 3.63) is 76.6 Å². The van der Waals surface area contributed by atoms with Gasteiger partial charge in [0, 0.05) is 17.3 Å². The number of anilines is 1. The van der Waals surface area contributed by atoms with E-state index in [2.05, 4.69) is 10.4 Å². The molecule has 3 rings (SSSR count). The Morgan fingerprint density at radius 3 is 2.56 bits per heavy atom. The SMILES string of the molecule is COc1cccc(-c2ccc(=O)n(C(C)C(=O)Nc3ccc(C)cc3)n2)c1. The van der Waals surface area contributed by atoms with Gasteiger partial charge in [0.1, 0.15) is 11.8 Å². The minimum Gasteiger partial charge on any atom is -0.497 e. The van der Waals surface area contributed by atoms with Crippen LogP contribution in [0.15, 0.2) is 65.5 Å². The molecule has 1 heterocycles. The fourth-order valence-corrected chi connectivity index (χ4v) is 2.63. The van der Waals surface area contributed by atoms with Crippen LogP contribution in [0.4, 0.5) is 5.69 Å². The molecule has 0 saturated carbocycles. The van der Waals surface area contributed by atoms with E-state index in [-0.39, 0.29) is 11.5 Å². The third-order valence-corrected chi connectivity index (χ3v) is 4.26. The Labute approximate surface area is 157 Å². The Morgan fingerprint density at radius 2 is 1.85 bits per heavy atom. The zero-order valence-electron chi connectivity index (χ0n) is 15.5. The van der Waals surface area contributed by atoms with Gasteiger partial charge in [0.25, 0.3) is 5.56 Å². The second-order valence-corrected chi connectivity index (χ2v) is 6.26. The molecule has 0 fully saturated rings. The van der Waals surface area contributed by atoms with Gasteiger partial charge in [-0.05, 0) is 44.2 Å². The summed E-state index contributed by atoms with van der Waals surface area (Å²) in [5, 5.41) is 7.20. The van der Waals surface area contributed by atoms with Crippen LogP contribution in [0, 0.1) is 6.92 Å². The van der Waals surface area contributed by atoms with Crippen molar-refractivity contribution in [3.8, 4) is 17.0 Å². The highest BCUT2D eigenvalue weighted by Crippen LogP contribution is 2.21. The molecule has 0 bridgehead atoms. The Bertz CT molecular complexity index is 1010. The van der Waals surface area contributed by atoms with E-state index >= 15 is 0 Å². The number of methoxy groups -OCH3 is 1. The molecule has 3 aromatic rings. The minimum atomic E-state index is -0.760. The molecule has 138 valence electrons. The lowest BCUT2D eigenvalue weighted by Crippen LogP contribution is -2.33. The number of rotatable bonds is 5. The average Bonchev–Trinajstić information content (AvgIpc) is 2.69. The van der Waals surface area contributed by atoms with Crippen LogP contribution in [0.25, 0.3) is 11.3 Å². The van der Waals surface area contributed by atoms with E-state index in [9.17, 15) is 9.59 Å². The van der Waals surface area contributed by atoms with E-state index in [1.54, 1.807) is 20.1 Å². The molecule has 1 aromatic heterocycles. The van der Waals surface area contributed by atoms with Gasteiger partial charge in [0.05, 0.1) is 12.8 Å². The fraction of sp³-hybridized carbons (Fsp3) is 0.190. The predicted octanol–water partition coefficient (Wildman–Crippen LogP) is 3.43. The number of aromatic nitrogens is 2. The molecule has 1 unspecified atom stereocenters. The second kappa shape index (κ2) is 7.86. The third-order valence-electron chi connectivity index (χ3n) is 4.26. The van der Waals surface area contributed by atoms with E-state index < -0.39 is 6.04 Å². The molecular formula is C21H21N3O3. The number of hydrogen-bond acceptors (Lipinski definition) is 4. The molecule has 6 nitrogen and oxygen atoms in total. The van der Waals surface area contributed by atoms with Gasteiger partial charge < -0.3 is 10.1 Å². The molecular weight excluding hydrogens is 342 g/mol. The van der Waals surface area contributed by atoms with Crippen LogP contribution in [0.3, 0.4) is 0 Å². The predicted molar refractivity (Wildman–Crippen MR) is 105 cm³/mol. The maximum atomic E-state index is 12.6. The van der Waals surface area contributed by atoms with E-state index in [0.717, 1.165) is 11.1 Å². The van der Waals surface area contributed by atoms with Crippen LogP contribution < -0.4 is 15.6 Å². The summed E-state index contributed by atoms with van der Waals surface area (Å²) in [6.07, 6.45) is 0. The summed E-state index contributed by atoms with van der Waals surface area (Å²) in [4.78, 5) is 24.8. The molecule has 27 heavy (non-hydrogen) atoms. The summed E-state index contributed by atoms with van der Waals surface area (Å²) in [6.45, 7) is 3.62. The maximum absolute atomic E-state index is 12.6. The van der Waals surface area contributed by atoms with Gasteiger partial charge in [-0.15, -0.1) is 0 Å². The first-order valence-corrected chi connectivity index (χ1v) is 8.60. The van der Waals surface area contributed by atoms with Crippen molar-refractivity contribution in [3.63, 3.8) is 0 Å². The Balaban J connectivity index is 1.87. The lowest BCUT2D eigenvalue weighted by atomic mass is 10.1.